The van der Waals surface area contributed by atoms with E-state index in [1.54, 1.807) is 0 Å². The molecule has 2 aliphatic rings. The van der Waals surface area contributed by atoms with Crippen LogP contribution >= 0.6 is 0 Å². The standard InChI is InChI=1S/C18H22N2O2/c19-14-18(10-4-5-11-18)17(21)20-12-8-16(9-13-20)22-15-6-2-1-3-7-15/h1-3,6-7,16H,4-5,8-13H2. The molecule has 0 atom stereocenters. The van der Waals surface area contributed by atoms with E-state index in [0.29, 0.717) is 13.1 Å². The summed E-state index contributed by atoms with van der Waals surface area (Å²) < 4.78 is 5.96. The highest BCUT2D eigenvalue weighted by molar-refractivity contribution is 5.85. The number of piperidine rings is 1. The van der Waals surface area contributed by atoms with Gasteiger partial charge >= 0.3 is 0 Å². The average Bonchev–Trinajstić information content (AvgIpc) is 3.06. The van der Waals surface area contributed by atoms with E-state index >= 15 is 0 Å². The minimum atomic E-state index is -0.743. The number of hydrogen-bond acceptors (Lipinski definition) is 3. The minimum Gasteiger partial charge on any atom is -0.490 e. The second-order valence-corrected chi connectivity index (χ2v) is 6.32. The molecule has 1 aliphatic heterocycles. The van der Waals surface area contributed by atoms with Crippen LogP contribution in [0.15, 0.2) is 30.3 Å². The van der Waals surface area contributed by atoms with Crippen molar-refractivity contribution in [1.82, 2.24) is 4.90 Å². The number of nitriles is 1. The summed E-state index contributed by atoms with van der Waals surface area (Å²) in [7, 11) is 0. The topological polar surface area (TPSA) is 53.3 Å². The number of para-hydroxylation sites is 1. The van der Waals surface area contributed by atoms with Gasteiger partial charge in [0.25, 0.3) is 0 Å². The number of nitrogens with zero attached hydrogens (tertiary/aromatic N) is 2. The van der Waals surface area contributed by atoms with Crippen LogP contribution < -0.4 is 4.74 Å². The molecule has 0 bridgehead atoms. The summed E-state index contributed by atoms with van der Waals surface area (Å²) in [6.07, 6.45) is 5.27. The fourth-order valence-electron chi connectivity index (χ4n) is 3.52. The van der Waals surface area contributed by atoms with Gasteiger partial charge in [-0.15, -0.1) is 0 Å². The van der Waals surface area contributed by atoms with Crippen molar-refractivity contribution in [3.63, 3.8) is 0 Å². The Morgan fingerprint density at radius 1 is 1.18 bits per heavy atom. The maximum absolute atomic E-state index is 12.7. The van der Waals surface area contributed by atoms with Crippen molar-refractivity contribution in [3.8, 4) is 11.8 Å². The molecule has 0 spiro atoms. The van der Waals surface area contributed by atoms with E-state index in [1.165, 1.54) is 0 Å². The predicted octanol–water partition coefficient (Wildman–Crippen LogP) is 3.14. The number of carbonyl (C=O) groups is 1. The molecule has 1 aromatic carbocycles. The molecule has 1 saturated carbocycles. The largest absolute Gasteiger partial charge is 0.490 e. The number of carbonyl (C=O) groups excluding carboxylic acids is 1. The van der Waals surface area contributed by atoms with Gasteiger partial charge in [-0.25, -0.2) is 0 Å². The summed E-state index contributed by atoms with van der Waals surface area (Å²) in [4.78, 5) is 14.6. The Bertz CT molecular complexity index is 550. The summed E-state index contributed by atoms with van der Waals surface area (Å²) >= 11 is 0. The van der Waals surface area contributed by atoms with Gasteiger partial charge in [-0.2, -0.15) is 5.26 Å². The average molecular weight is 298 g/mol. The zero-order chi connectivity index (χ0) is 15.4. The number of likely N-dealkylation sites (tertiary alicyclic amines) is 1. The van der Waals surface area contributed by atoms with Gasteiger partial charge in [0.15, 0.2) is 0 Å². The molecule has 4 heteroatoms. The lowest BCUT2D eigenvalue weighted by Gasteiger charge is -2.35. The first kappa shape index (κ1) is 14.9. The third-order valence-corrected chi connectivity index (χ3v) is 4.86. The molecule has 1 aromatic rings. The lowest BCUT2D eigenvalue weighted by molar-refractivity contribution is -0.140. The highest BCUT2D eigenvalue weighted by Crippen LogP contribution is 2.39. The van der Waals surface area contributed by atoms with Crippen LogP contribution in [0.5, 0.6) is 5.75 Å². The van der Waals surface area contributed by atoms with Crippen LogP contribution in [0.1, 0.15) is 38.5 Å². The maximum Gasteiger partial charge on any atom is 0.243 e. The van der Waals surface area contributed by atoms with Crippen molar-refractivity contribution in [2.24, 2.45) is 5.41 Å². The van der Waals surface area contributed by atoms with Crippen LogP contribution in [-0.4, -0.2) is 30.0 Å². The number of amides is 1. The number of hydrogen-bond donors (Lipinski definition) is 0. The molecule has 116 valence electrons. The molecule has 0 aromatic heterocycles. The van der Waals surface area contributed by atoms with Crippen LogP contribution in [-0.2, 0) is 4.79 Å². The van der Waals surface area contributed by atoms with Crippen LogP contribution in [0, 0.1) is 16.7 Å². The zero-order valence-corrected chi connectivity index (χ0v) is 12.8. The van der Waals surface area contributed by atoms with Gasteiger partial charge in [0, 0.05) is 25.9 Å². The van der Waals surface area contributed by atoms with Crippen molar-refractivity contribution in [3.05, 3.63) is 30.3 Å². The van der Waals surface area contributed by atoms with Crippen molar-refractivity contribution in [2.45, 2.75) is 44.6 Å². The molecule has 0 radical (unpaired) electrons. The molecule has 1 aliphatic carbocycles. The maximum atomic E-state index is 12.7. The first-order valence-corrected chi connectivity index (χ1v) is 8.16. The third kappa shape index (κ3) is 2.94. The summed E-state index contributed by atoms with van der Waals surface area (Å²) in [6.45, 7) is 1.39. The van der Waals surface area contributed by atoms with E-state index in [4.69, 9.17) is 4.74 Å². The number of rotatable bonds is 3. The fraction of sp³-hybridized carbons (Fsp3) is 0.556. The van der Waals surface area contributed by atoms with Gasteiger partial charge in [0.2, 0.25) is 5.91 Å². The Labute approximate surface area is 131 Å². The first-order chi connectivity index (χ1) is 10.7. The van der Waals surface area contributed by atoms with Crippen LogP contribution in [0.3, 0.4) is 0 Å². The van der Waals surface area contributed by atoms with Crippen LogP contribution in [0.2, 0.25) is 0 Å². The van der Waals surface area contributed by atoms with E-state index < -0.39 is 5.41 Å². The number of ether oxygens (including phenoxy) is 1. The van der Waals surface area contributed by atoms with E-state index in [2.05, 4.69) is 6.07 Å². The molecule has 2 fully saturated rings. The third-order valence-electron chi connectivity index (χ3n) is 4.86. The molecule has 1 amide bonds. The van der Waals surface area contributed by atoms with Gasteiger partial charge in [0.05, 0.1) is 6.07 Å². The van der Waals surface area contributed by atoms with Gasteiger partial charge in [-0.1, -0.05) is 31.0 Å². The quantitative estimate of drug-likeness (QED) is 0.861. The van der Waals surface area contributed by atoms with Crippen LogP contribution in [0.25, 0.3) is 0 Å². The van der Waals surface area contributed by atoms with Gasteiger partial charge < -0.3 is 9.64 Å². The van der Waals surface area contributed by atoms with Crippen molar-refractivity contribution in [1.29, 1.82) is 5.26 Å². The lowest BCUT2D eigenvalue weighted by Crippen LogP contribution is -2.47. The van der Waals surface area contributed by atoms with E-state index in [9.17, 15) is 10.1 Å². The summed E-state index contributed by atoms with van der Waals surface area (Å²) in [6, 6.07) is 12.1. The first-order valence-electron chi connectivity index (χ1n) is 8.16. The Morgan fingerprint density at radius 2 is 1.82 bits per heavy atom. The van der Waals surface area contributed by atoms with Crippen molar-refractivity contribution < 1.29 is 9.53 Å². The minimum absolute atomic E-state index is 0.0469. The van der Waals surface area contributed by atoms with Crippen LogP contribution in [0.4, 0.5) is 0 Å². The Hall–Kier alpha value is -2.02. The summed E-state index contributed by atoms with van der Waals surface area (Å²) in [5.41, 5.74) is -0.743. The van der Waals surface area contributed by atoms with E-state index in [0.717, 1.165) is 44.3 Å². The predicted molar refractivity (Wildman–Crippen MR) is 83.2 cm³/mol. The Balaban J connectivity index is 1.55. The van der Waals surface area contributed by atoms with E-state index in [-0.39, 0.29) is 12.0 Å². The normalized spacial score (nSPS) is 21.3. The zero-order valence-electron chi connectivity index (χ0n) is 12.8. The second-order valence-electron chi connectivity index (χ2n) is 6.32. The molecule has 22 heavy (non-hydrogen) atoms. The highest BCUT2D eigenvalue weighted by atomic mass is 16.5. The van der Waals surface area contributed by atoms with Crippen molar-refractivity contribution >= 4 is 5.91 Å². The fourth-order valence-corrected chi connectivity index (χ4v) is 3.52. The van der Waals surface area contributed by atoms with Gasteiger partial charge in [-0.3, -0.25) is 4.79 Å². The highest BCUT2D eigenvalue weighted by Gasteiger charge is 2.44. The molecule has 3 rings (SSSR count). The molecular formula is C18H22N2O2. The Kier molecular flexibility index (Phi) is 4.33. The molecule has 1 heterocycles. The van der Waals surface area contributed by atoms with Gasteiger partial charge in [0.1, 0.15) is 17.3 Å². The SMILES string of the molecule is N#CC1(C(=O)N2CCC(Oc3ccccc3)CC2)CCCC1. The lowest BCUT2D eigenvalue weighted by atomic mass is 9.85. The molecule has 1 saturated heterocycles. The smallest absolute Gasteiger partial charge is 0.243 e. The van der Waals surface area contributed by atoms with Gasteiger partial charge in [-0.05, 0) is 25.0 Å². The van der Waals surface area contributed by atoms with E-state index in [1.807, 2.05) is 35.2 Å². The van der Waals surface area contributed by atoms with Crippen molar-refractivity contribution in [2.75, 3.05) is 13.1 Å². The summed E-state index contributed by atoms with van der Waals surface area (Å²) in [5, 5.41) is 9.44. The Morgan fingerprint density at radius 3 is 2.41 bits per heavy atom. The number of benzene rings is 1. The second kappa shape index (κ2) is 6.39. The molecule has 0 N–H and O–H groups in total. The summed E-state index contributed by atoms with van der Waals surface area (Å²) in [5.74, 6) is 0.933. The molecular weight excluding hydrogens is 276 g/mol. The molecule has 4 nitrogen and oxygen atoms in total. The molecule has 0 unspecified atom stereocenters. The monoisotopic (exact) mass is 298 g/mol.